The normalized spacial score (nSPS) is 25.2. The van der Waals surface area contributed by atoms with Gasteiger partial charge in [0, 0.05) is 19.6 Å². The first kappa shape index (κ1) is 12.8. The molecule has 0 radical (unpaired) electrons. The lowest BCUT2D eigenvalue weighted by Gasteiger charge is -2.35. The predicted molar refractivity (Wildman–Crippen MR) is 60.2 cm³/mol. The van der Waals surface area contributed by atoms with Crippen LogP contribution >= 0.6 is 0 Å². The van der Waals surface area contributed by atoms with Crippen LogP contribution in [-0.4, -0.2) is 41.6 Å². The molecule has 1 aliphatic heterocycles. The number of carbonyl (C=O) groups excluding carboxylic acids is 1. The van der Waals surface area contributed by atoms with Crippen molar-refractivity contribution in [1.29, 1.82) is 0 Å². The van der Waals surface area contributed by atoms with Gasteiger partial charge in [-0.3, -0.25) is 4.79 Å². The van der Waals surface area contributed by atoms with Crippen LogP contribution in [0.4, 0.5) is 4.79 Å². The zero-order valence-electron chi connectivity index (χ0n) is 9.90. The predicted octanol–water partition coefficient (Wildman–Crippen LogP) is 1.15. The van der Waals surface area contributed by atoms with Crippen molar-refractivity contribution in [3.63, 3.8) is 0 Å². The Morgan fingerprint density at radius 2 is 2.06 bits per heavy atom. The molecule has 1 fully saturated rings. The molecule has 5 nitrogen and oxygen atoms in total. The smallest absolute Gasteiger partial charge is 0.317 e. The first-order chi connectivity index (χ1) is 7.50. The van der Waals surface area contributed by atoms with Crippen LogP contribution in [0, 0.1) is 11.8 Å². The maximum atomic E-state index is 11.7. The molecule has 0 bridgehead atoms. The summed E-state index contributed by atoms with van der Waals surface area (Å²) in [5.74, 6) is 0.281. The Bertz CT molecular complexity index is 268. The lowest BCUT2D eigenvalue weighted by atomic mass is 9.89. The van der Waals surface area contributed by atoms with E-state index in [1.807, 2.05) is 0 Å². The number of nitrogens with zero attached hydrogens (tertiary/aromatic N) is 1. The highest BCUT2D eigenvalue weighted by Crippen LogP contribution is 2.22. The maximum absolute atomic E-state index is 11.7. The molecule has 0 aromatic carbocycles. The summed E-state index contributed by atoms with van der Waals surface area (Å²) in [7, 11) is 0. The van der Waals surface area contributed by atoms with Gasteiger partial charge in [0.1, 0.15) is 0 Å². The van der Waals surface area contributed by atoms with E-state index < -0.39 is 5.97 Å². The van der Waals surface area contributed by atoms with E-state index >= 15 is 0 Å². The number of amides is 2. The van der Waals surface area contributed by atoms with Gasteiger partial charge in [-0.1, -0.05) is 13.8 Å². The van der Waals surface area contributed by atoms with Crippen LogP contribution in [-0.2, 0) is 4.79 Å². The number of rotatable bonds is 3. The fraction of sp³-hybridized carbons (Fsp3) is 0.818. The maximum Gasteiger partial charge on any atom is 0.317 e. The quantitative estimate of drug-likeness (QED) is 0.761. The van der Waals surface area contributed by atoms with E-state index in [2.05, 4.69) is 19.2 Å². The number of nitrogens with one attached hydrogen (secondary N) is 1. The lowest BCUT2D eigenvalue weighted by Crippen LogP contribution is -2.47. The monoisotopic (exact) mass is 228 g/mol. The Labute approximate surface area is 95.8 Å². The van der Waals surface area contributed by atoms with Crippen LogP contribution in [0.25, 0.3) is 0 Å². The molecule has 0 aromatic heterocycles. The molecular formula is C11H20N2O3. The van der Waals surface area contributed by atoms with Crippen LogP contribution < -0.4 is 5.32 Å². The summed E-state index contributed by atoms with van der Waals surface area (Å²) in [5, 5.41) is 11.1. The molecule has 1 aliphatic rings. The van der Waals surface area contributed by atoms with Gasteiger partial charge in [-0.25, -0.2) is 4.79 Å². The van der Waals surface area contributed by atoms with E-state index in [4.69, 9.17) is 5.11 Å². The summed E-state index contributed by atoms with van der Waals surface area (Å²) in [4.78, 5) is 23.7. The SMILES string of the molecule is CC1CCN(C(=O)NCCC(=O)O)CC1C. The highest BCUT2D eigenvalue weighted by Gasteiger charge is 2.25. The number of likely N-dealkylation sites (tertiary alicyclic amines) is 1. The second-order valence-corrected chi connectivity index (χ2v) is 4.56. The van der Waals surface area contributed by atoms with Crippen LogP contribution in [0.2, 0.25) is 0 Å². The minimum Gasteiger partial charge on any atom is -0.481 e. The van der Waals surface area contributed by atoms with Gasteiger partial charge in [-0.2, -0.15) is 0 Å². The first-order valence-corrected chi connectivity index (χ1v) is 5.75. The molecule has 16 heavy (non-hydrogen) atoms. The van der Waals surface area contributed by atoms with Crippen molar-refractivity contribution in [1.82, 2.24) is 10.2 Å². The topological polar surface area (TPSA) is 69.6 Å². The molecule has 1 rings (SSSR count). The standard InChI is InChI=1S/C11H20N2O3/c1-8-4-6-13(7-9(8)2)11(16)12-5-3-10(14)15/h8-9H,3-7H2,1-2H3,(H,12,16)(H,14,15). The van der Waals surface area contributed by atoms with Gasteiger partial charge in [0.05, 0.1) is 6.42 Å². The first-order valence-electron chi connectivity index (χ1n) is 5.75. The number of carbonyl (C=O) groups is 2. The summed E-state index contributed by atoms with van der Waals surface area (Å²) in [6, 6.07) is -0.139. The fourth-order valence-corrected chi connectivity index (χ4v) is 1.84. The van der Waals surface area contributed by atoms with Crippen molar-refractivity contribution in [2.75, 3.05) is 19.6 Å². The average Bonchev–Trinajstić information content (AvgIpc) is 2.21. The largest absolute Gasteiger partial charge is 0.481 e. The van der Waals surface area contributed by atoms with Crippen LogP contribution in [0.3, 0.4) is 0 Å². The highest BCUT2D eigenvalue weighted by molar-refractivity contribution is 5.75. The molecule has 1 heterocycles. The molecule has 0 saturated carbocycles. The molecule has 2 N–H and O–H groups in total. The number of carboxylic acid groups (broad SMARTS) is 1. The van der Waals surface area contributed by atoms with E-state index in [1.54, 1.807) is 4.90 Å². The van der Waals surface area contributed by atoms with Crippen molar-refractivity contribution in [2.24, 2.45) is 11.8 Å². The molecule has 2 amide bonds. The molecule has 2 atom stereocenters. The van der Waals surface area contributed by atoms with Gasteiger partial charge in [-0.05, 0) is 18.3 Å². The molecule has 1 saturated heterocycles. The minimum absolute atomic E-state index is 0.0223. The van der Waals surface area contributed by atoms with E-state index in [0.29, 0.717) is 11.8 Å². The van der Waals surface area contributed by atoms with Crippen LogP contribution in [0.1, 0.15) is 26.7 Å². The van der Waals surface area contributed by atoms with Crippen molar-refractivity contribution >= 4 is 12.0 Å². The zero-order valence-corrected chi connectivity index (χ0v) is 9.90. The Balaban J connectivity index is 2.29. The van der Waals surface area contributed by atoms with Gasteiger partial charge < -0.3 is 15.3 Å². The van der Waals surface area contributed by atoms with E-state index in [1.165, 1.54) is 0 Å². The summed E-state index contributed by atoms with van der Waals surface area (Å²) in [6.45, 7) is 6.07. The third-order valence-electron chi connectivity index (χ3n) is 3.24. The number of hydrogen-bond donors (Lipinski definition) is 2. The van der Waals surface area contributed by atoms with Gasteiger partial charge in [0.15, 0.2) is 0 Å². The molecule has 92 valence electrons. The number of urea groups is 1. The van der Waals surface area contributed by atoms with E-state index in [-0.39, 0.29) is 19.0 Å². The molecule has 2 unspecified atom stereocenters. The second-order valence-electron chi connectivity index (χ2n) is 4.56. The third-order valence-corrected chi connectivity index (χ3v) is 3.24. The number of hydrogen-bond acceptors (Lipinski definition) is 2. The molecule has 5 heteroatoms. The summed E-state index contributed by atoms with van der Waals surface area (Å²) in [5.41, 5.74) is 0. The van der Waals surface area contributed by atoms with Gasteiger partial charge in [0.25, 0.3) is 0 Å². The average molecular weight is 228 g/mol. The van der Waals surface area contributed by atoms with Crippen LogP contribution in [0.15, 0.2) is 0 Å². The molecule has 0 aromatic rings. The third kappa shape index (κ3) is 3.72. The molecule has 0 aliphatic carbocycles. The highest BCUT2D eigenvalue weighted by atomic mass is 16.4. The van der Waals surface area contributed by atoms with Gasteiger partial charge >= 0.3 is 12.0 Å². The molecule has 0 spiro atoms. The fourth-order valence-electron chi connectivity index (χ4n) is 1.84. The van der Waals surface area contributed by atoms with Crippen molar-refractivity contribution in [2.45, 2.75) is 26.7 Å². The Morgan fingerprint density at radius 3 is 2.62 bits per heavy atom. The van der Waals surface area contributed by atoms with Crippen LogP contribution in [0.5, 0.6) is 0 Å². The van der Waals surface area contributed by atoms with Crippen molar-refractivity contribution in [3.8, 4) is 0 Å². The summed E-state index contributed by atoms with van der Waals surface area (Å²) in [6.07, 6.45) is 0.999. The van der Waals surface area contributed by atoms with Gasteiger partial charge in [-0.15, -0.1) is 0 Å². The number of aliphatic carboxylic acids is 1. The zero-order chi connectivity index (χ0) is 12.1. The Kier molecular flexibility index (Phi) is 4.58. The molecular weight excluding hydrogens is 208 g/mol. The number of carboxylic acids is 1. The van der Waals surface area contributed by atoms with Crippen molar-refractivity contribution < 1.29 is 14.7 Å². The van der Waals surface area contributed by atoms with Crippen molar-refractivity contribution in [3.05, 3.63) is 0 Å². The minimum atomic E-state index is -0.888. The lowest BCUT2D eigenvalue weighted by molar-refractivity contribution is -0.136. The number of piperidine rings is 1. The van der Waals surface area contributed by atoms with E-state index in [0.717, 1.165) is 19.5 Å². The summed E-state index contributed by atoms with van der Waals surface area (Å²) >= 11 is 0. The van der Waals surface area contributed by atoms with E-state index in [9.17, 15) is 9.59 Å². The Morgan fingerprint density at radius 1 is 1.38 bits per heavy atom. The Hall–Kier alpha value is -1.26. The second kappa shape index (κ2) is 5.72. The van der Waals surface area contributed by atoms with Gasteiger partial charge in [0.2, 0.25) is 0 Å². The summed E-state index contributed by atoms with van der Waals surface area (Å²) < 4.78 is 0.